The standard InChI is InChI=1S/C30H29F3O4/c1-3-17-36-23-13-16-27(26(31)18-23)37-30(34)21-7-5-19(6-8-21)24-14-15-25(29(33)28(24)32)20-9-11-22(12-10-20)35-4-2/h3,5-8,13-16,18,20,22H,1,4,9-12,17H2,2H3. The van der Waals surface area contributed by atoms with Crippen molar-refractivity contribution >= 4 is 5.97 Å². The minimum Gasteiger partial charge on any atom is -0.489 e. The first-order valence-corrected chi connectivity index (χ1v) is 12.4. The van der Waals surface area contributed by atoms with Gasteiger partial charge in [-0.1, -0.05) is 36.9 Å². The number of benzene rings is 3. The van der Waals surface area contributed by atoms with E-state index in [4.69, 9.17) is 14.2 Å². The fraction of sp³-hybridized carbons (Fsp3) is 0.300. The van der Waals surface area contributed by atoms with Gasteiger partial charge in [-0.2, -0.15) is 0 Å². The lowest BCUT2D eigenvalue weighted by molar-refractivity contribution is 0.0325. The monoisotopic (exact) mass is 510 g/mol. The van der Waals surface area contributed by atoms with Crippen LogP contribution in [-0.2, 0) is 4.74 Å². The maximum atomic E-state index is 15.1. The summed E-state index contributed by atoms with van der Waals surface area (Å²) in [6.45, 7) is 6.34. The lowest BCUT2D eigenvalue weighted by Crippen LogP contribution is -2.21. The van der Waals surface area contributed by atoms with Crippen LogP contribution < -0.4 is 9.47 Å². The van der Waals surface area contributed by atoms with Crippen LogP contribution in [0.1, 0.15) is 54.4 Å². The Bertz CT molecular complexity index is 1250. The molecule has 0 radical (unpaired) electrons. The van der Waals surface area contributed by atoms with Crippen LogP contribution in [0.15, 0.2) is 67.3 Å². The number of ether oxygens (including phenoxy) is 3. The van der Waals surface area contributed by atoms with Crippen LogP contribution in [0, 0.1) is 17.5 Å². The van der Waals surface area contributed by atoms with Crippen LogP contribution in [0.3, 0.4) is 0 Å². The van der Waals surface area contributed by atoms with Crippen molar-refractivity contribution < 1.29 is 32.2 Å². The summed E-state index contributed by atoms with van der Waals surface area (Å²) in [4.78, 5) is 12.5. The maximum Gasteiger partial charge on any atom is 0.343 e. The SMILES string of the molecule is C=CCOc1ccc(OC(=O)c2ccc(-c3ccc(C4CCC(OCC)CC4)c(F)c3F)cc2)c(F)c1. The molecule has 0 atom stereocenters. The van der Waals surface area contributed by atoms with Gasteiger partial charge in [0.15, 0.2) is 23.2 Å². The molecule has 3 aromatic carbocycles. The first-order valence-electron chi connectivity index (χ1n) is 12.4. The molecule has 0 amide bonds. The summed E-state index contributed by atoms with van der Waals surface area (Å²) in [7, 11) is 0. The zero-order valence-electron chi connectivity index (χ0n) is 20.6. The van der Waals surface area contributed by atoms with Gasteiger partial charge >= 0.3 is 5.97 Å². The van der Waals surface area contributed by atoms with E-state index in [1.54, 1.807) is 12.1 Å². The third-order valence-electron chi connectivity index (χ3n) is 6.53. The predicted octanol–water partition coefficient (Wildman–Crippen LogP) is 7.62. The third-order valence-corrected chi connectivity index (χ3v) is 6.53. The van der Waals surface area contributed by atoms with Crippen LogP contribution in [0.4, 0.5) is 13.2 Å². The van der Waals surface area contributed by atoms with Gasteiger partial charge in [-0.3, -0.25) is 0 Å². The molecule has 4 rings (SSSR count). The minimum absolute atomic E-state index is 0.0413. The Morgan fingerprint density at radius 3 is 2.35 bits per heavy atom. The normalized spacial score (nSPS) is 17.3. The Morgan fingerprint density at radius 1 is 0.973 bits per heavy atom. The van der Waals surface area contributed by atoms with Gasteiger partial charge in [0.1, 0.15) is 12.4 Å². The maximum absolute atomic E-state index is 15.1. The van der Waals surface area contributed by atoms with Gasteiger partial charge in [0.2, 0.25) is 0 Å². The summed E-state index contributed by atoms with van der Waals surface area (Å²) < 4.78 is 60.4. The molecule has 0 spiro atoms. The molecule has 3 aromatic rings. The summed E-state index contributed by atoms with van der Waals surface area (Å²) >= 11 is 0. The average molecular weight is 511 g/mol. The van der Waals surface area contributed by atoms with E-state index >= 15 is 8.78 Å². The first kappa shape index (κ1) is 26.5. The molecule has 1 saturated carbocycles. The van der Waals surface area contributed by atoms with E-state index in [0.717, 1.165) is 31.7 Å². The number of halogens is 3. The summed E-state index contributed by atoms with van der Waals surface area (Å²) in [5.74, 6) is -3.30. The third kappa shape index (κ3) is 6.23. The fourth-order valence-corrected chi connectivity index (χ4v) is 4.63. The zero-order chi connectivity index (χ0) is 26.4. The summed E-state index contributed by atoms with van der Waals surface area (Å²) in [6, 6.07) is 13.0. The Hall–Kier alpha value is -3.58. The van der Waals surface area contributed by atoms with E-state index in [0.29, 0.717) is 17.7 Å². The van der Waals surface area contributed by atoms with Gasteiger partial charge in [0, 0.05) is 18.2 Å². The second-order valence-corrected chi connectivity index (χ2v) is 8.92. The minimum atomic E-state index is -0.916. The summed E-state index contributed by atoms with van der Waals surface area (Å²) in [5.41, 5.74) is 1.04. The van der Waals surface area contributed by atoms with Crippen molar-refractivity contribution in [1.82, 2.24) is 0 Å². The van der Waals surface area contributed by atoms with Crippen molar-refractivity contribution in [3.05, 3.63) is 95.8 Å². The van der Waals surface area contributed by atoms with Gasteiger partial charge < -0.3 is 14.2 Å². The topological polar surface area (TPSA) is 44.8 Å². The fourth-order valence-electron chi connectivity index (χ4n) is 4.63. The van der Waals surface area contributed by atoms with Crippen LogP contribution in [-0.4, -0.2) is 25.3 Å². The smallest absolute Gasteiger partial charge is 0.343 e. The predicted molar refractivity (Wildman–Crippen MR) is 135 cm³/mol. The molecule has 0 saturated heterocycles. The van der Waals surface area contributed by atoms with Crippen LogP contribution in [0.5, 0.6) is 11.5 Å². The van der Waals surface area contributed by atoms with Crippen molar-refractivity contribution in [1.29, 1.82) is 0 Å². The number of hydrogen-bond acceptors (Lipinski definition) is 4. The molecule has 1 aliphatic rings. The van der Waals surface area contributed by atoms with Crippen LogP contribution >= 0.6 is 0 Å². The second-order valence-electron chi connectivity index (χ2n) is 8.92. The molecule has 0 aromatic heterocycles. The van der Waals surface area contributed by atoms with E-state index in [-0.39, 0.29) is 41.3 Å². The Kier molecular flexibility index (Phi) is 8.66. The molecular formula is C30H29F3O4. The number of carbonyl (C=O) groups excluding carboxylic acids is 1. The average Bonchev–Trinajstić information content (AvgIpc) is 2.91. The molecule has 7 heteroatoms. The Balaban J connectivity index is 1.44. The molecule has 0 unspecified atom stereocenters. The summed E-state index contributed by atoms with van der Waals surface area (Å²) in [5, 5.41) is 0. The highest BCUT2D eigenvalue weighted by Crippen LogP contribution is 2.38. The number of hydrogen-bond donors (Lipinski definition) is 0. The Morgan fingerprint density at radius 2 is 1.70 bits per heavy atom. The summed E-state index contributed by atoms with van der Waals surface area (Å²) in [6.07, 6.45) is 4.88. The van der Waals surface area contributed by atoms with Crippen molar-refractivity contribution in [3.8, 4) is 22.6 Å². The highest BCUT2D eigenvalue weighted by molar-refractivity contribution is 5.91. The molecule has 0 aliphatic heterocycles. The van der Waals surface area contributed by atoms with Gasteiger partial charge in [0.05, 0.1) is 11.7 Å². The Labute approximate surface area is 214 Å². The van der Waals surface area contributed by atoms with Crippen LogP contribution in [0.2, 0.25) is 0 Å². The van der Waals surface area contributed by atoms with Crippen molar-refractivity contribution in [3.63, 3.8) is 0 Å². The number of esters is 1. The van der Waals surface area contributed by atoms with Crippen molar-refractivity contribution in [2.45, 2.75) is 44.6 Å². The molecule has 4 nitrogen and oxygen atoms in total. The molecule has 37 heavy (non-hydrogen) atoms. The molecule has 1 aliphatic carbocycles. The van der Waals surface area contributed by atoms with Gasteiger partial charge in [-0.25, -0.2) is 18.0 Å². The van der Waals surface area contributed by atoms with E-state index in [1.165, 1.54) is 42.5 Å². The van der Waals surface area contributed by atoms with Gasteiger partial charge in [-0.15, -0.1) is 0 Å². The van der Waals surface area contributed by atoms with E-state index in [2.05, 4.69) is 6.58 Å². The quantitative estimate of drug-likeness (QED) is 0.169. The highest BCUT2D eigenvalue weighted by Gasteiger charge is 2.27. The van der Waals surface area contributed by atoms with Crippen molar-refractivity contribution in [2.75, 3.05) is 13.2 Å². The largest absolute Gasteiger partial charge is 0.489 e. The lowest BCUT2D eigenvalue weighted by Gasteiger charge is -2.29. The van der Waals surface area contributed by atoms with Gasteiger partial charge in [-0.05, 0) is 73.9 Å². The molecule has 0 heterocycles. The zero-order valence-corrected chi connectivity index (χ0v) is 20.6. The molecule has 1 fully saturated rings. The lowest BCUT2D eigenvalue weighted by atomic mass is 9.82. The number of rotatable bonds is 9. The second kappa shape index (κ2) is 12.1. The van der Waals surface area contributed by atoms with E-state index in [9.17, 15) is 9.18 Å². The molecule has 0 bridgehead atoms. The number of carbonyl (C=O) groups is 1. The first-order chi connectivity index (χ1) is 17.9. The highest BCUT2D eigenvalue weighted by atomic mass is 19.2. The molecule has 194 valence electrons. The molecule has 0 N–H and O–H groups in total. The van der Waals surface area contributed by atoms with E-state index in [1.807, 2.05) is 6.92 Å². The van der Waals surface area contributed by atoms with Gasteiger partial charge in [0.25, 0.3) is 0 Å². The molecular weight excluding hydrogens is 481 g/mol. The van der Waals surface area contributed by atoms with Crippen LogP contribution in [0.25, 0.3) is 11.1 Å². The van der Waals surface area contributed by atoms with Crippen molar-refractivity contribution in [2.24, 2.45) is 0 Å². The van der Waals surface area contributed by atoms with E-state index < -0.39 is 23.4 Å².